The Morgan fingerprint density at radius 3 is 2.89 bits per heavy atom. The van der Waals surface area contributed by atoms with Crippen LogP contribution >= 0.6 is 0 Å². The molecular formula is C17H20N6O4S. The first kappa shape index (κ1) is 18.3. The number of amides is 1. The maximum absolute atomic E-state index is 12.8. The quantitative estimate of drug-likeness (QED) is 0.685. The highest BCUT2D eigenvalue weighted by molar-refractivity contribution is 7.92. The molecule has 0 radical (unpaired) electrons. The van der Waals surface area contributed by atoms with Crippen LogP contribution in [0.15, 0.2) is 41.7 Å². The SMILES string of the molecule is Cn1ncc2cccc(NS(=O)(=O)c3cnn([C@@H]4CCCN(C(=O)O)C4)c3)c21. The number of benzene rings is 1. The third kappa shape index (κ3) is 3.28. The number of likely N-dealkylation sites (tertiary alicyclic amines) is 1. The summed E-state index contributed by atoms with van der Waals surface area (Å²) in [6, 6.07) is 5.11. The smallest absolute Gasteiger partial charge is 0.407 e. The van der Waals surface area contributed by atoms with Crippen LogP contribution in [-0.4, -0.2) is 57.2 Å². The van der Waals surface area contributed by atoms with Gasteiger partial charge in [-0.2, -0.15) is 10.2 Å². The van der Waals surface area contributed by atoms with Gasteiger partial charge in [0.15, 0.2) is 0 Å². The maximum Gasteiger partial charge on any atom is 0.407 e. The van der Waals surface area contributed by atoms with Crippen molar-refractivity contribution in [2.24, 2.45) is 7.05 Å². The molecule has 3 aromatic rings. The molecule has 1 aromatic carbocycles. The molecule has 2 N–H and O–H groups in total. The molecule has 0 saturated carbocycles. The Bertz CT molecular complexity index is 1140. The number of carboxylic acid groups (broad SMARTS) is 1. The molecular weight excluding hydrogens is 384 g/mol. The van der Waals surface area contributed by atoms with E-state index in [-0.39, 0.29) is 17.5 Å². The van der Waals surface area contributed by atoms with Crippen molar-refractivity contribution in [3.8, 4) is 0 Å². The summed E-state index contributed by atoms with van der Waals surface area (Å²) in [7, 11) is -2.11. The van der Waals surface area contributed by atoms with E-state index < -0.39 is 16.1 Å². The molecule has 1 atom stereocenters. The average molecular weight is 404 g/mol. The molecule has 1 amide bonds. The van der Waals surface area contributed by atoms with E-state index in [1.165, 1.54) is 22.0 Å². The summed E-state index contributed by atoms with van der Waals surface area (Å²) >= 11 is 0. The van der Waals surface area contributed by atoms with Crippen LogP contribution in [0.4, 0.5) is 10.5 Å². The maximum atomic E-state index is 12.8. The lowest BCUT2D eigenvalue weighted by molar-refractivity contribution is 0.119. The molecule has 2 aromatic heterocycles. The molecule has 28 heavy (non-hydrogen) atoms. The van der Waals surface area contributed by atoms with Gasteiger partial charge < -0.3 is 10.0 Å². The molecule has 0 aliphatic carbocycles. The van der Waals surface area contributed by atoms with Gasteiger partial charge in [0.2, 0.25) is 0 Å². The van der Waals surface area contributed by atoms with Gasteiger partial charge >= 0.3 is 6.09 Å². The number of carbonyl (C=O) groups is 1. The Labute approximate surface area is 161 Å². The largest absolute Gasteiger partial charge is 0.465 e. The number of hydrogen-bond acceptors (Lipinski definition) is 5. The van der Waals surface area contributed by atoms with E-state index in [0.717, 1.165) is 11.8 Å². The summed E-state index contributed by atoms with van der Waals surface area (Å²) in [5.74, 6) is 0. The van der Waals surface area contributed by atoms with E-state index in [9.17, 15) is 18.3 Å². The predicted octanol–water partition coefficient (Wildman–Crippen LogP) is 1.89. The van der Waals surface area contributed by atoms with Crippen molar-refractivity contribution in [2.75, 3.05) is 17.8 Å². The monoisotopic (exact) mass is 404 g/mol. The zero-order valence-corrected chi connectivity index (χ0v) is 16.0. The van der Waals surface area contributed by atoms with Crippen LogP contribution in [0, 0.1) is 0 Å². The molecule has 0 unspecified atom stereocenters. The molecule has 1 aliphatic heterocycles. The Morgan fingerprint density at radius 2 is 2.11 bits per heavy atom. The Kier molecular flexibility index (Phi) is 4.46. The number of piperidine rings is 1. The molecule has 1 saturated heterocycles. The Hall–Kier alpha value is -3.08. The van der Waals surface area contributed by atoms with E-state index in [1.807, 2.05) is 6.07 Å². The van der Waals surface area contributed by atoms with Crippen molar-refractivity contribution in [1.82, 2.24) is 24.5 Å². The van der Waals surface area contributed by atoms with Crippen molar-refractivity contribution in [3.05, 3.63) is 36.8 Å². The van der Waals surface area contributed by atoms with E-state index in [2.05, 4.69) is 14.9 Å². The van der Waals surface area contributed by atoms with Gasteiger partial charge in [0.25, 0.3) is 10.0 Å². The normalized spacial score (nSPS) is 17.8. The number of hydrogen-bond donors (Lipinski definition) is 2. The first-order valence-electron chi connectivity index (χ1n) is 8.81. The lowest BCUT2D eigenvalue weighted by atomic mass is 10.1. The number of para-hydroxylation sites is 1. The highest BCUT2D eigenvalue weighted by Gasteiger charge is 2.26. The number of fused-ring (bicyclic) bond motifs is 1. The summed E-state index contributed by atoms with van der Waals surface area (Å²) in [5, 5.41) is 18.3. The van der Waals surface area contributed by atoms with Crippen LogP contribution in [0.5, 0.6) is 0 Å². The standard InChI is InChI=1S/C17H20N6O4S/c1-21-16-12(8-18-21)4-2-6-15(16)20-28(26,27)14-9-19-23(11-14)13-5-3-7-22(10-13)17(24)25/h2,4,6,8-9,11,13,20H,3,5,7,10H2,1H3,(H,24,25)/t13-/m1/s1. The van der Waals surface area contributed by atoms with Crippen LogP contribution in [0.2, 0.25) is 0 Å². The van der Waals surface area contributed by atoms with E-state index >= 15 is 0 Å². The number of nitrogens with one attached hydrogen (secondary N) is 1. The number of nitrogens with zero attached hydrogens (tertiary/aromatic N) is 5. The number of aryl methyl sites for hydroxylation is 1. The topological polar surface area (TPSA) is 122 Å². The highest BCUT2D eigenvalue weighted by Crippen LogP contribution is 2.26. The molecule has 1 fully saturated rings. The van der Waals surface area contributed by atoms with Gasteiger partial charge in [0.05, 0.1) is 29.6 Å². The van der Waals surface area contributed by atoms with Gasteiger partial charge in [0, 0.05) is 31.7 Å². The fourth-order valence-corrected chi connectivity index (χ4v) is 4.53. The second-order valence-corrected chi connectivity index (χ2v) is 8.48. The molecule has 0 bridgehead atoms. The van der Waals surface area contributed by atoms with Crippen LogP contribution in [0.25, 0.3) is 10.9 Å². The minimum Gasteiger partial charge on any atom is -0.465 e. The fraction of sp³-hybridized carbons (Fsp3) is 0.353. The highest BCUT2D eigenvalue weighted by atomic mass is 32.2. The molecule has 4 rings (SSSR count). The predicted molar refractivity (Wildman–Crippen MR) is 102 cm³/mol. The third-order valence-electron chi connectivity index (χ3n) is 4.93. The zero-order chi connectivity index (χ0) is 19.9. The van der Waals surface area contributed by atoms with Crippen molar-refractivity contribution in [1.29, 1.82) is 0 Å². The first-order chi connectivity index (χ1) is 13.3. The van der Waals surface area contributed by atoms with Crippen molar-refractivity contribution >= 4 is 32.7 Å². The summed E-state index contributed by atoms with van der Waals surface area (Å²) in [6.07, 6.45) is 4.87. The van der Waals surface area contributed by atoms with Gasteiger partial charge in [-0.3, -0.25) is 14.1 Å². The summed E-state index contributed by atoms with van der Waals surface area (Å²) in [6.45, 7) is 0.771. The lowest BCUT2D eigenvalue weighted by Crippen LogP contribution is -2.40. The van der Waals surface area contributed by atoms with Crippen LogP contribution < -0.4 is 4.72 Å². The van der Waals surface area contributed by atoms with Crippen LogP contribution in [0.1, 0.15) is 18.9 Å². The van der Waals surface area contributed by atoms with Gasteiger partial charge in [0.1, 0.15) is 4.90 Å². The Balaban J connectivity index is 1.59. The first-order valence-corrected chi connectivity index (χ1v) is 10.3. The van der Waals surface area contributed by atoms with Crippen molar-refractivity contribution < 1.29 is 18.3 Å². The second kappa shape index (κ2) is 6.82. The number of rotatable bonds is 4. The lowest BCUT2D eigenvalue weighted by Gasteiger charge is -2.30. The summed E-state index contributed by atoms with van der Waals surface area (Å²) in [4.78, 5) is 12.5. The summed E-state index contributed by atoms with van der Waals surface area (Å²) in [5.41, 5.74) is 1.11. The number of aromatic nitrogens is 4. The number of sulfonamides is 1. The van der Waals surface area contributed by atoms with E-state index in [1.54, 1.807) is 30.1 Å². The second-order valence-electron chi connectivity index (χ2n) is 6.80. The average Bonchev–Trinajstić information content (AvgIpc) is 3.30. The van der Waals surface area contributed by atoms with Gasteiger partial charge in [-0.05, 0) is 18.9 Å². The third-order valence-corrected chi connectivity index (χ3v) is 6.25. The molecule has 11 heteroatoms. The van der Waals surface area contributed by atoms with Gasteiger partial charge in [-0.15, -0.1) is 0 Å². The minimum atomic E-state index is -3.85. The van der Waals surface area contributed by atoms with E-state index in [4.69, 9.17) is 0 Å². The molecule has 1 aliphatic rings. The van der Waals surface area contributed by atoms with Gasteiger partial charge in [-0.25, -0.2) is 13.2 Å². The molecule has 0 spiro atoms. The number of anilines is 1. The van der Waals surface area contributed by atoms with Gasteiger partial charge in [-0.1, -0.05) is 12.1 Å². The molecule has 148 valence electrons. The minimum absolute atomic E-state index is 0.0270. The molecule has 10 nitrogen and oxygen atoms in total. The van der Waals surface area contributed by atoms with Crippen molar-refractivity contribution in [2.45, 2.75) is 23.8 Å². The zero-order valence-electron chi connectivity index (χ0n) is 15.2. The van der Waals surface area contributed by atoms with Crippen LogP contribution in [-0.2, 0) is 17.1 Å². The fourth-order valence-electron chi connectivity index (χ4n) is 3.52. The molecule has 3 heterocycles. The Morgan fingerprint density at radius 1 is 1.29 bits per heavy atom. The van der Waals surface area contributed by atoms with Crippen molar-refractivity contribution in [3.63, 3.8) is 0 Å². The summed E-state index contributed by atoms with van der Waals surface area (Å²) < 4.78 is 31.4. The van der Waals surface area contributed by atoms with Crippen LogP contribution in [0.3, 0.4) is 0 Å². The van der Waals surface area contributed by atoms with E-state index in [0.29, 0.717) is 24.2 Å².